The maximum atomic E-state index is 12.8. The summed E-state index contributed by atoms with van der Waals surface area (Å²) in [4.78, 5) is 25.4. The quantitative estimate of drug-likeness (QED) is 0.563. The van der Waals surface area contributed by atoms with E-state index in [1.807, 2.05) is 30.3 Å². The molecule has 2 aromatic rings. The van der Waals surface area contributed by atoms with Gasteiger partial charge in [0.1, 0.15) is 0 Å². The number of esters is 1. The van der Waals surface area contributed by atoms with Gasteiger partial charge < -0.3 is 10.1 Å². The fraction of sp³-hybridized carbons (Fsp3) is 0.481. The van der Waals surface area contributed by atoms with Gasteiger partial charge in [-0.1, -0.05) is 79.7 Å². The van der Waals surface area contributed by atoms with Gasteiger partial charge >= 0.3 is 5.97 Å². The number of nitrogens with one attached hydrogen (secondary N) is 1. The molecule has 1 amide bonds. The fourth-order valence-corrected chi connectivity index (χ4v) is 3.40. The van der Waals surface area contributed by atoms with Gasteiger partial charge in [0.15, 0.2) is 6.61 Å². The molecule has 168 valence electrons. The third-order valence-electron chi connectivity index (χ3n) is 5.50. The standard InChI is InChI=1S/C27H37NO3/c1-9-18-12-11-13-19(10-2)24(18)28-23(29)17-31-25(30)20-14-21(26(3,4)5)16-22(15-20)27(6,7)8/h11-16H,9-10,17H2,1-8H3,(H,28,29). The molecule has 0 heterocycles. The normalized spacial score (nSPS) is 11.9. The van der Waals surface area contributed by atoms with Gasteiger partial charge in [0.25, 0.3) is 5.91 Å². The average molecular weight is 424 g/mol. The minimum atomic E-state index is -0.480. The molecule has 0 spiro atoms. The second kappa shape index (κ2) is 9.67. The minimum Gasteiger partial charge on any atom is -0.452 e. The molecule has 4 nitrogen and oxygen atoms in total. The van der Waals surface area contributed by atoms with Crippen LogP contribution in [0.3, 0.4) is 0 Å². The van der Waals surface area contributed by atoms with Crippen molar-refractivity contribution in [2.75, 3.05) is 11.9 Å². The molecule has 0 saturated heterocycles. The van der Waals surface area contributed by atoms with E-state index in [1.165, 1.54) is 0 Å². The molecular weight excluding hydrogens is 386 g/mol. The van der Waals surface area contributed by atoms with Crippen molar-refractivity contribution in [3.8, 4) is 0 Å². The molecule has 2 aromatic carbocycles. The first kappa shape index (κ1) is 24.6. The van der Waals surface area contributed by atoms with Gasteiger partial charge in [-0.05, 0) is 58.1 Å². The highest BCUT2D eigenvalue weighted by Crippen LogP contribution is 2.30. The lowest BCUT2D eigenvalue weighted by atomic mass is 9.79. The summed E-state index contributed by atoms with van der Waals surface area (Å²) >= 11 is 0. The monoisotopic (exact) mass is 423 g/mol. The predicted molar refractivity (Wildman–Crippen MR) is 128 cm³/mol. The summed E-state index contributed by atoms with van der Waals surface area (Å²) in [5.74, 6) is -0.807. The van der Waals surface area contributed by atoms with E-state index in [1.54, 1.807) is 0 Å². The third kappa shape index (κ3) is 6.43. The van der Waals surface area contributed by atoms with E-state index < -0.39 is 5.97 Å². The molecule has 4 heteroatoms. The van der Waals surface area contributed by atoms with Crippen LogP contribution in [0.4, 0.5) is 5.69 Å². The van der Waals surface area contributed by atoms with E-state index in [0.29, 0.717) is 5.56 Å². The van der Waals surface area contributed by atoms with Crippen molar-refractivity contribution in [1.29, 1.82) is 0 Å². The molecule has 0 bridgehead atoms. The summed E-state index contributed by atoms with van der Waals surface area (Å²) in [5.41, 5.74) is 5.40. The highest BCUT2D eigenvalue weighted by Gasteiger charge is 2.23. The minimum absolute atomic E-state index is 0.103. The van der Waals surface area contributed by atoms with Crippen LogP contribution in [0.1, 0.15) is 88.0 Å². The Morgan fingerprint density at radius 2 is 1.32 bits per heavy atom. The van der Waals surface area contributed by atoms with Gasteiger partial charge in [-0.15, -0.1) is 0 Å². The number of hydrogen-bond acceptors (Lipinski definition) is 3. The van der Waals surface area contributed by atoms with E-state index in [2.05, 4.69) is 66.8 Å². The topological polar surface area (TPSA) is 55.4 Å². The number of anilines is 1. The molecule has 0 aliphatic rings. The summed E-state index contributed by atoms with van der Waals surface area (Å²) in [6, 6.07) is 11.9. The molecule has 0 fully saturated rings. The van der Waals surface area contributed by atoms with Crippen molar-refractivity contribution < 1.29 is 14.3 Å². The van der Waals surface area contributed by atoms with E-state index in [9.17, 15) is 9.59 Å². The zero-order chi connectivity index (χ0) is 23.4. The third-order valence-corrected chi connectivity index (χ3v) is 5.50. The lowest BCUT2D eigenvalue weighted by Crippen LogP contribution is -2.23. The van der Waals surface area contributed by atoms with Crippen LogP contribution in [0.5, 0.6) is 0 Å². The van der Waals surface area contributed by atoms with Crippen molar-refractivity contribution >= 4 is 17.6 Å². The van der Waals surface area contributed by atoms with Gasteiger partial charge in [-0.25, -0.2) is 4.79 Å². The number of carbonyl (C=O) groups excluding carboxylic acids is 2. The molecule has 31 heavy (non-hydrogen) atoms. The van der Waals surface area contributed by atoms with Crippen LogP contribution in [-0.2, 0) is 33.2 Å². The molecule has 0 aromatic heterocycles. The Bertz CT molecular complexity index is 891. The van der Waals surface area contributed by atoms with Crippen molar-refractivity contribution in [1.82, 2.24) is 0 Å². The number of para-hydroxylation sites is 1. The SMILES string of the molecule is CCc1cccc(CC)c1NC(=O)COC(=O)c1cc(C(C)(C)C)cc(C(C)(C)C)c1. The van der Waals surface area contributed by atoms with Crippen LogP contribution >= 0.6 is 0 Å². The summed E-state index contributed by atoms with van der Waals surface area (Å²) < 4.78 is 5.39. The van der Waals surface area contributed by atoms with Crippen molar-refractivity contribution in [2.45, 2.75) is 79.1 Å². The van der Waals surface area contributed by atoms with Crippen LogP contribution in [0.15, 0.2) is 36.4 Å². The van der Waals surface area contributed by atoms with Crippen LogP contribution in [0.2, 0.25) is 0 Å². The van der Waals surface area contributed by atoms with Crippen molar-refractivity contribution in [2.24, 2.45) is 0 Å². The Morgan fingerprint density at radius 1 is 0.839 bits per heavy atom. The smallest absolute Gasteiger partial charge is 0.338 e. The summed E-state index contributed by atoms with van der Waals surface area (Å²) in [5, 5.41) is 2.94. The number of ether oxygens (including phenoxy) is 1. The van der Waals surface area contributed by atoms with Crippen LogP contribution in [0, 0.1) is 0 Å². The van der Waals surface area contributed by atoms with E-state index in [-0.39, 0.29) is 23.3 Å². The average Bonchev–Trinajstić information content (AvgIpc) is 2.70. The lowest BCUT2D eigenvalue weighted by molar-refractivity contribution is -0.119. The van der Waals surface area contributed by atoms with Crippen molar-refractivity contribution in [3.05, 3.63) is 64.2 Å². The number of aryl methyl sites for hydroxylation is 2. The second-order valence-corrected chi connectivity index (χ2v) is 10.1. The molecule has 0 aliphatic heterocycles. The largest absolute Gasteiger partial charge is 0.452 e. The number of amides is 1. The number of benzene rings is 2. The Morgan fingerprint density at radius 3 is 1.74 bits per heavy atom. The number of rotatable bonds is 6. The lowest BCUT2D eigenvalue weighted by Gasteiger charge is -2.25. The van der Waals surface area contributed by atoms with Crippen molar-refractivity contribution in [3.63, 3.8) is 0 Å². The van der Waals surface area contributed by atoms with Crippen LogP contribution in [0.25, 0.3) is 0 Å². The molecular formula is C27H37NO3. The van der Waals surface area contributed by atoms with Gasteiger partial charge in [-0.3, -0.25) is 4.79 Å². The Labute approximate surface area is 187 Å². The summed E-state index contributed by atoms with van der Waals surface area (Å²) in [7, 11) is 0. The number of hydrogen-bond donors (Lipinski definition) is 1. The molecule has 0 aliphatic carbocycles. The molecule has 0 unspecified atom stereocenters. The zero-order valence-corrected chi connectivity index (χ0v) is 20.3. The van der Waals surface area contributed by atoms with E-state index >= 15 is 0 Å². The van der Waals surface area contributed by atoms with E-state index in [4.69, 9.17) is 4.74 Å². The Balaban J connectivity index is 2.19. The fourth-order valence-electron chi connectivity index (χ4n) is 3.40. The first-order valence-electron chi connectivity index (χ1n) is 11.1. The highest BCUT2D eigenvalue weighted by atomic mass is 16.5. The Kier molecular flexibility index (Phi) is 7.69. The molecule has 1 N–H and O–H groups in total. The van der Waals surface area contributed by atoms with Gasteiger partial charge in [0, 0.05) is 5.69 Å². The van der Waals surface area contributed by atoms with Gasteiger partial charge in [0.05, 0.1) is 5.56 Å². The number of carbonyl (C=O) groups is 2. The predicted octanol–water partition coefficient (Wildman–Crippen LogP) is 6.20. The first-order chi connectivity index (χ1) is 14.4. The van der Waals surface area contributed by atoms with Gasteiger partial charge in [-0.2, -0.15) is 0 Å². The zero-order valence-electron chi connectivity index (χ0n) is 20.3. The molecule has 0 radical (unpaired) electrons. The second-order valence-electron chi connectivity index (χ2n) is 10.1. The van der Waals surface area contributed by atoms with Crippen LogP contribution < -0.4 is 5.32 Å². The molecule has 0 atom stereocenters. The van der Waals surface area contributed by atoms with Gasteiger partial charge in [0.2, 0.25) is 0 Å². The molecule has 2 rings (SSSR count). The Hall–Kier alpha value is -2.62. The first-order valence-corrected chi connectivity index (χ1v) is 11.1. The van der Waals surface area contributed by atoms with Crippen LogP contribution in [-0.4, -0.2) is 18.5 Å². The highest BCUT2D eigenvalue weighted by molar-refractivity contribution is 5.96. The maximum absolute atomic E-state index is 12.8. The molecule has 0 saturated carbocycles. The van der Waals surface area contributed by atoms with E-state index in [0.717, 1.165) is 40.8 Å². The summed E-state index contributed by atoms with van der Waals surface area (Å²) in [6.45, 7) is 16.5. The summed E-state index contributed by atoms with van der Waals surface area (Å²) in [6.07, 6.45) is 1.64. The maximum Gasteiger partial charge on any atom is 0.338 e.